The van der Waals surface area contributed by atoms with Crippen LogP contribution in [0.1, 0.15) is 44.1 Å². The number of hydrogen-bond acceptors (Lipinski definition) is 1. The van der Waals surface area contributed by atoms with Crippen LogP contribution in [0.25, 0.3) is 0 Å². The molecule has 0 aliphatic heterocycles. The van der Waals surface area contributed by atoms with E-state index in [1.165, 1.54) is 17.6 Å². The fraction of sp³-hybridized carbons (Fsp3) is 0.455. The summed E-state index contributed by atoms with van der Waals surface area (Å²) in [6.45, 7) is 2.44. The van der Waals surface area contributed by atoms with E-state index >= 15 is 0 Å². The molecule has 0 aromatic heterocycles. The first-order valence-electron chi connectivity index (χ1n) is 8.95. The largest absolute Gasteiger partial charge is 0.393 e. The van der Waals surface area contributed by atoms with Gasteiger partial charge in [0.25, 0.3) is 0 Å². The standard InChI is InChI=1S/C22H26O/c1-22(17-11-7-2-3-8-12-17)15-20(16-9-5-4-6-10-16)19-13-18(23)14-21(19)22/h2-7,9-12,18-21,23H,8,13-15H2,1H3. The highest BCUT2D eigenvalue weighted by atomic mass is 16.3. The van der Waals surface area contributed by atoms with Gasteiger partial charge in [-0.25, -0.2) is 0 Å². The zero-order valence-corrected chi connectivity index (χ0v) is 13.9. The van der Waals surface area contributed by atoms with Crippen molar-refractivity contribution in [3.8, 4) is 0 Å². The van der Waals surface area contributed by atoms with Crippen molar-refractivity contribution >= 4 is 0 Å². The first-order chi connectivity index (χ1) is 11.2. The van der Waals surface area contributed by atoms with Gasteiger partial charge in [0, 0.05) is 0 Å². The van der Waals surface area contributed by atoms with E-state index in [4.69, 9.17) is 0 Å². The minimum absolute atomic E-state index is 0.121. The third kappa shape index (κ3) is 2.52. The number of aliphatic hydroxyl groups excluding tert-OH is 1. The van der Waals surface area contributed by atoms with Crippen LogP contribution in [0, 0.1) is 17.3 Å². The molecule has 1 aromatic carbocycles. The zero-order valence-electron chi connectivity index (χ0n) is 13.9. The number of hydrogen-bond donors (Lipinski definition) is 1. The van der Waals surface area contributed by atoms with Crippen LogP contribution in [0.3, 0.4) is 0 Å². The van der Waals surface area contributed by atoms with E-state index in [9.17, 15) is 5.11 Å². The van der Waals surface area contributed by atoms with Gasteiger partial charge in [0.2, 0.25) is 0 Å². The van der Waals surface area contributed by atoms with Gasteiger partial charge in [-0.2, -0.15) is 0 Å². The van der Waals surface area contributed by atoms with Crippen LogP contribution in [0.4, 0.5) is 0 Å². The molecule has 0 heterocycles. The van der Waals surface area contributed by atoms with Gasteiger partial charge in [0.15, 0.2) is 0 Å². The Kier molecular flexibility index (Phi) is 3.77. The van der Waals surface area contributed by atoms with Gasteiger partial charge in [0.1, 0.15) is 0 Å². The molecule has 2 fully saturated rings. The van der Waals surface area contributed by atoms with Crippen molar-refractivity contribution in [3.05, 3.63) is 71.8 Å². The monoisotopic (exact) mass is 306 g/mol. The van der Waals surface area contributed by atoms with Crippen LogP contribution in [-0.2, 0) is 0 Å². The number of fused-ring (bicyclic) bond motifs is 1. The Labute approximate surface area is 139 Å². The predicted octanol–water partition coefficient (Wildman–Crippen LogP) is 5.01. The lowest BCUT2D eigenvalue weighted by Crippen LogP contribution is -2.25. The highest BCUT2D eigenvalue weighted by Gasteiger charge is 2.55. The molecule has 1 heteroatoms. The van der Waals surface area contributed by atoms with E-state index in [0.29, 0.717) is 17.8 Å². The Hall–Kier alpha value is -1.60. The van der Waals surface area contributed by atoms with Crippen molar-refractivity contribution < 1.29 is 5.11 Å². The summed E-state index contributed by atoms with van der Waals surface area (Å²) in [7, 11) is 0. The van der Waals surface area contributed by atoms with E-state index in [1.54, 1.807) is 0 Å². The molecule has 5 atom stereocenters. The molecular formula is C22H26O. The topological polar surface area (TPSA) is 20.2 Å². The molecule has 23 heavy (non-hydrogen) atoms. The highest BCUT2D eigenvalue weighted by molar-refractivity contribution is 5.37. The van der Waals surface area contributed by atoms with Crippen molar-refractivity contribution in [1.82, 2.24) is 0 Å². The minimum atomic E-state index is -0.121. The molecule has 1 N–H and O–H groups in total. The van der Waals surface area contributed by atoms with Gasteiger partial charge < -0.3 is 5.11 Å². The number of benzene rings is 1. The number of aliphatic hydroxyl groups is 1. The Bertz CT molecular complexity index is 654. The summed E-state index contributed by atoms with van der Waals surface area (Å²) < 4.78 is 0. The second-order valence-corrected chi connectivity index (χ2v) is 7.72. The Morgan fingerprint density at radius 1 is 1.09 bits per heavy atom. The van der Waals surface area contributed by atoms with E-state index < -0.39 is 0 Å². The fourth-order valence-corrected chi connectivity index (χ4v) is 5.38. The second kappa shape index (κ2) is 5.79. The number of rotatable bonds is 2. The first-order valence-corrected chi connectivity index (χ1v) is 8.95. The highest BCUT2D eigenvalue weighted by Crippen LogP contribution is 2.63. The van der Waals surface area contributed by atoms with Crippen LogP contribution in [0.5, 0.6) is 0 Å². The van der Waals surface area contributed by atoms with Gasteiger partial charge in [-0.1, -0.05) is 67.6 Å². The van der Waals surface area contributed by atoms with E-state index in [0.717, 1.165) is 19.3 Å². The summed E-state index contributed by atoms with van der Waals surface area (Å²) in [4.78, 5) is 0. The molecule has 0 radical (unpaired) electrons. The normalized spacial score (nSPS) is 39.1. The van der Waals surface area contributed by atoms with E-state index in [1.807, 2.05) is 0 Å². The molecule has 0 amide bonds. The van der Waals surface area contributed by atoms with Gasteiger partial charge >= 0.3 is 0 Å². The van der Waals surface area contributed by atoms with Crippen molar-refractivity contribution in [1.29, 1.82) is 0 Å². The molecule has 0 spiro atoms. The smallest absolute Gasteiger partial charge is 0.0546 e. The minimum Gasteiger partial charge on any atom is -0.393 e. The van der Waals surface area contributed by atoms with Crippen LogP contribution in [0.2, 0.25) is 0 Å². The molecule has 4 rings (SSSR count). The molecule has 0 bridgehead atoms. The summed E-state index contributed by atoms with van der Waals surface area (Å²) >= 11 is 0. The van der Waals surface area contributed by atoms with Crippen LogP contribution in [0.15, 0.2) is 66.3 Å². The van der Waals surface area contributed by atoms with Crippen LogP contribution >= 0.6 is 0 Å². The Balaban J connectivity index is 1.72. The van der Waals surface area contributed by atoms with Gasteiger partial charge in [-0.05, 0) is 60.0 Å². The van der Waals surface area contributed by atoms with Crippen molar-refractivity contribution in [2.45, 2.75) is 44.6 Å². The summed E-state index contributed by atoms with van der Waals surface area (Å²) in [6.07, 6.45) is 15.3. The van der Waals surface area contributed by atoms with E-state index in [2.05, 4.69) is 67.6 Å². The molecule has 3 aliphatic carbocycles. The Morgan fingerprint density at radius 2 is 1.91 bits per heavy atom. The predicted molar refractivity (Wildman–Crippen MR) is 95.1 cm³/mol. The quantitative estimate of drug-likeness (QED) is 0.814. The third-order valence-electron chi connectivity index (χ3n) is 6.45. The molecule has 2 saturated carbocycles. The average Bonchev–Trinajstić information content (AvgIpc) is 2.93. The van der Waals surface area contributed by atoms with Crippen molar-refractivity contribution in [2.24, 2.45) is 17.3 Å². The summed E-state index contributed by atoms with van der Waals surface area (Å²) in [5.41, 5.74) is 3.12. The second-order valence-electron chi connectivity index (χ2n) is 7.72. The van der Waals surface area contributed by atoms with Crippen molar-refractivity contribution in [3.63, 3.8) is 0 Å². The summed E-state index contributed by atoms with van der Waals surface area (Å²) in [6, 6.07) is 11.0. The van der Waals surface area contributed by atoms with Gasteiger partial charge in [-0.15, -0.1) is 0 Å². The summed E-state index contributed by atoms with van der Waals surface area (Å²) in [5, 5.41) is 10.3. The first kappa shape index (κ1) is 15.0. The Morgan fingerprint density at radius 3 is 2.74 bits per heavy atom. The van der Waals surface area contributed by atoms with Gasteiger partial charge in [-0.3, -0.25) is 0 Å². The zero-order chi connectivity index (χ0) is 15.9. The lowest BCUT2D eigenvalue weighted by atomic mass is 9.71. The molecule has 120 valence electrons. The maximum absolute atomic E-state index is 10.3. The van der Waals surface area contributed by atoms with E-state index in [-0.39, 0.29) is 11.5 Å². The number of allylic oxidation sites excluding steroid dienone is 6. The fourth-order valence-electron chi connectivity index (χ4n) is 5.38. The average molecular weight is 306 g/mol. The lowest BCUT2D eigenvalue weighted by Gasteiger charge is -2.33. The lowest BCUT2D eigenvalue weighted by molar-refractivity contribution is 0.157. The molecule has 0 saturated heterocycles. The molecule has 1 nitrogen and oxygen atoms in total. The van der Waals surface area contributed by atoms with Gasteiger partial charge in [0.05, 0.1) is 6.10 Å². The van der Waals surface area contributed by atoms with Crippen molar-refractivity contribution in [2.75, 3.05) is 0 Å². The maximum Gasteiger partial charge on any atom is 0.0546 e. The van der Waals surface area contributed by atoms with Crippen LogP contribution < -0.4 is 0 Å². The van der Waals surface area contributed by atoms with Crippen LogP contribution in [-0.4, -0.2) is 11.2 Å². The molecule has 3 aliphatic rings. The molecular weight excluding hydrogens is 280 g/mol. The SMILES string of the molecule is CC1(C2=CCC=CC=C2)CC(c2ccccc2)C2CC(O)CC21. The summed E-state index contributed by atoms with van der Waals surface area (Å²) in [5.74, 6) is 1.79. The third-order valence-corrected chi connectivity index (χ3v) is 6.45. The molecule has 1 aromatic rings. The maximum atomic E-state index is 10.3. The molecule has 5 unspecified atom stereocenters.